The second kappa shape index (κ2) is 4.45. The van der Waals surface area contributed by atoms with E-state index < -0.39 is 0 Å². The van der Waals surface area contributed by atoms with Gasteiger partial charge in [0, 0.05) is 30.9 Å². The van der Waals surface area contributed by atoms with Gasteiger partial charge in [0.2, 0.25) is 5.95 Å². The standard InChI is InChI=1S/C13H17N3O/c1-2-6-17-12-8-11-7-10(12)9-16(11)13-14-4-3-5-15-13/h2-5,10-12H,1,6-9H2/t10-,11+,12-/m0/s1. The number of rotatable bonds is 4. The quantitative estimate of drug-likeness (QED) is 0.738. The predicted octanol–water partition coefficient (Wildman–Crippen LogP) is 1.65. The number of piperidine rings is 1. The lowest BCUT2D eigenvalue weighted by atomic mass is 10.1. The highest BCUT2D eigenvalue weighted by molar-refractivity contribution is 5.35. The summed E-state index contributed by atoms with van der Waals surface area (Å²) in [6.45, 7) is 5.38. The zero-order valence-electron chi connectivity index (χ0n) is 9.83. The molecule has 1 aromatic rings. The summed E-state index contributed by atoms with van der Waals surface area (Å²) in [6.07, 6.45) is 8.14. The van der Waals surface area contributed by atoms with E-state index in [-0.39, 0.29) is 0 Å². The van der Waals surface area contributed by atoms with Crippen molar-refractivity contribution < 1.29 is 4.74 Å². The van der Waals surface area contributed by atoms with Crippen molar-refractivity contribution in [2.24, 2.45) is 5.92 Å². The van der Waals surface area contributed by atoms with Gasteiger partial charge in [-0.15, -0.1) is 6.58 Å². The van der Waals surface area contributed by atoms with Crippen LogP contribution in [-0.2, 0) is 4.74 Å². The summed E-state index contributed by atoms with van der Waals surface area (Å²) in [6, 6.07) is 2.41. The second-order valence-electron chi connectivity index (χ2n) is 4.75. The minimum atomic E-state index is 0.401. The van der Waals surface area contributed by atoms with E-state index in [1.807, 2.05) is 12.1 Å². The number of aromatic nitrogens is 2. The molecule has 2 aliphatic rings. The fraction of sp³-hybridized carbons (Fsp3) is 0.538. The van der Waals surface area contributed by atoms with E-state index in [1.165, 1.54) is 6.42 Å². The fourth-order valence-electron chi connectivity index (χ4n) is 2.99. The third kappa shape index (κ3) is 1.93. The lowest BCUT2D eigenvalue weighted by Gasteiger charge is -2.31. The van der Waals surface area contributed by atoms with E-state index in [1.54, 1.807) is 12.4 Å². The highest BCUT2D eigenvalue weighted by Gasteiger charge is 2.45. The Hall–Kier alpha value is -1.42. The molecule has 1 saturated heterocycles. The molecule has 0 spiro atoms. The molecule has 2 fully saturated rings. The van der Waals surface area contributed by atoms with Crippen molar-refractivity contribution in [2.75, 3.05) is 18.1 Å². The van der Waals surface area contributed by atoms with E-state index in [0.717, 1.165) is 18.9 Å². The Kier molecular flexibility index (Phi) is 2.81. The molecule has 2 bridgehead atoms. The summed E-state index contributed by atoms with van der Waals surface area (Å²) in [5.41, 5.74) is 0. The number of fused-ring (bicyclic) bond motifs is 2. The van der Waals surface area contributed by atoms with Crippen LogP contribution in [0.4, 0.5) is 5.95 Å². The van der Waals surface area contributed by atoms with Gasteiger partial charge in [-0.05, 0) is 18.9 Å². The van der Waals surface area contributed by atoms with Crippen molar-refractivity contribution in [1.29, 1.82) is 0 Å². The van der Waals surface area contributed by atoms with Crippen LogP contribution in [0.5, 0.6) is 0 Å². The Morgan fingerprint density at radius 3 is 2.88 bits per heavy atom. The Morgan fingerprint density at radius 2 is 2.24 bits per heavy atom. The van der Waals surface area contributed by atoms with Crippen molar-refractivity contribution in [3.63, 3.8) is 0 Å². The van der Waals surface area contributed by atoms with Crippen molar-refractivity contribution in [2.45, 2.75) is 25.0 Å². The first kappa shape index (κ1) is 10.7. The maximum atomic E-state index is 5.78. The van der Waals surface area contributed by atoms with Gasteiger partial charge in [-0.25, -0.2) is 9.97 Å². The van der Waals surface area contributed by atoms with Crippen LogP contribution >= 0.6 is 0 Å². The van der Waals surface area contributed by atoms with Crippen LogP contribution in [0.25, 0.3) is 0 Å². The van der Waals surface area contributed by atoms with Crippen LogP contribution in [0, 0.1) is 5.92 Å². The highest BCUT2D eigenvalue weighted by atomic mass is 16.5. The molecule has 17 heavy (non-hydrogen) atoms. The third-order valence-corrected chi connectivity index (χ3v) is 3.71. The number of anilines is 1. The van der Waals surface area contributed by atoms with Gasteiger partial charge in [-0.3, -0.25) is 0 Å². The number of hydrogen-bond donors (Lipinski definition) is 0. The van der Waals surface area contributed by atoms with Crippen molar-refractivity contribution >= 4 is 5.95 Å². The molecule has 0 aromatic carbocycles. The van der Waals surface area contributed by atoms with Crippen LogP contribution in [0.15, 0.2) is 31.1 Å². The minimum absolute atomic E-state index is 0.401. The fourth-order valence-corrected chi connectivity index (χ4v) is 2.99. The van der Waals surface area contributed by atoms with Crippen LogP contribution < -0.4 is 4.90 Å². The summed E-state index contributed by atoms with van der Waals surface area (Å²) in [5.74, 6) is 1.49. The number of hydrogen-bond acceptors (Lipinski definition) is 4. The molecule has 0 N–H and O–H groups in total. The largest absolute Gasteiger partial charge is 0.374 e. The van der Waals surface area contributed by atoms with E-state index >= 15 is 0 Å². The normalized spacial score (nSPS) is 30.8. The highest BCUT2D eigenvalue weighted by Crippen LogP contribution is 2.40. The predicted molar refractivity (Wildman–Crippen MR) is 65.8 cm³/mol. The molecule has 0 unspecified atom stereocenters. The van der Waals surface area contributed by atoms with Crippen LogP contribution in [-0.4, -0.2) is 35.3 Å². The van der Waals surface area contributed by atoms with Crippen molar-refractivity contribution in [1.82, 2.24) is 9.97 Å². The van der Waals surface area contributed by atoms with Crippen LogP contribution in [0.3, 0.4) is 0 Å². The summed E-state index contributed by atoms with van der Waals surface area (Å²) in [5, 5.41) is 0. The maximum Gasteiger partial charge on any atom is 0.225 e. The molecular weight excluding hydrogens is 214 g/mol. The van der Waals surface area contributed by atoms with Crippen LogP contribution in [0.2, 0.25) is 0 Å². The summed E-state index contributed by atoms with van der Waals surface area (Å²) in [7, 11) is 0. The molecule has 0 amide bonds. The topological polar surface area (TPSA) is 38.2 Å². The van der Waals surface area contributed by atoms with E-state index in [9.17, 15) is 0 Å². The molecule has 1 saturated carbocycles. The SMILES string of the molecule is C=CCO[C@H]1C[C@H]2C[C@H]1CN2c1ncccn1. The molecular formula is C13H17N3O. The summed E-state index contributed by atoms with van der Waals surface area (Å²) >= 11 is 0. The molecule has 1 aliphatic heterocycles. The Bertz CT molecular complexity index is 395. The second-order valence-corrected chi connectivity index (χ2v) is 4.75. The van der Waals surface area contributed by atoms with Crippen LogP contribution in [0.1, 0.15) is 12.8 Å². The van der Waals surface area contributed by atoms with Gasteiger partial charge < -0.3 is 9.64 Å². The average molecular weight is 231 g/mol. The Labute approximate surface area is 101 Å². The van der Waals surface area contributed by atoms with E-state index in [2.05, 4.69) is 21.4 Å². The third-order valence-electron chi connectivity index (χ3n) is 3.71. The molecule has 90 valence electrons. The zero-order chi connectivity index (χ0) is 11.7. The van der Waals surface area contributed by atoms with Gasteiger partial charge in [-0.1, -0.05) is 6.08 Å². The number of ether oxygens (including phenoxy) is 1. The average Bonchev–Trinajstić information content (AvgIpc) is 2.97. The van der Waals surface area contributed by atoms with Gasteiger partial charge in [0.25, 0.3) is 0 Å². The first-order valence-corrected chi connectivity index (χ1v) is 6.14. The molecule has 4 nitrogen and oxygen atoms in total. The summed E-state index contributed by atoms with van der Waals surface area (Å²) < 4.78 is 5.78. The lowest BCUT2D eigenvalue weighted by Crippen LogP contribution is -2.39. The monoisotopic (exact) mass is 231 g/mol. The first-order valence-electron chi connectivity index (χ1n) is 6.14. The molecule has 3 rings (SSSR count). The first-order chi connectivity index (χ1) is 8.38. The summed E-state index contributed by atoms with van der Waals surface area (Å²) in [4.78, 5) is 11.0. The van der Waals surface area contributed by atoms with Gasteiger partial charge in [0.05, 0.1) is 12.7 Å². The van der Waals surface area contributed by atoms with E-state index in [0.29, 0.717) is 24.7 Å². The lowest BCUT2D eigenvalue weighted by molar-refractivity contribution is 0.0424. The zero-order valence-corrected chi connectivity index (χ0v) is 9.83. The van der Waals surface area contributed by atoms with E-state index in [4.69, 9.17) is 4.74 Å². The molecule has 3 atom stereocenters. The van der Waals surface area contributed by atoms with Gasteiger partial charge in [0.15, 0.2) is 0 Å². The molecule has 1 aromatic heterocycles. The van der Waals surface area contributed by atoms with Gasteiger partial charge in [-0.2, -0.15) is 0 Å². The minimum Gasteiger partial charge on any atom is -0.374 e. The van der Waals surface area contributed by atoms with Gasteiger partial charge in [0.1, 0.15) is 0 Å². The Balaban J connectivity index is 1.66. The van der Waals surface area contributed by atoms with Crippen molar-refractivity contribution in [3.8, 4) is 0 Å². The van der Waals surface area contributed by atoms with Gasteiger partial charge >= 0.3 is 0 Å². The Morgan fingerprint density at radius 1 is 1.41 bits per heavy atom. The van der Waals surface area contributed by atoms with Crippen molar-refractivity contribution in [3.05, 3.63) is 31.1 Å². The molecule has 1 aliphatic carbocycles. The molecule has 2 heterocycles. The number of nitrogens with zero attached hydrogens (tertiary/aromatic N) is 3. The molecule has 4 heteroatoms. The molecule has 0 radical (unpaired) electrons. The maximum absolute atomic E-state index is 5.78. The smallest absolute Gasteiger partial charge is 0.225 e.